The minimum absolute atomic E-state index is 0.208. The van der Waals surface area contributed by atoms with Crippen LogP contribution in [0.2, 0.25) is 0 Å². The van der Waals surface area contributed by atoms with Gasteiger partial charge in [0.2, 0.25) is 0 Å². The monoisotopic (exact) mass is 385 g/mol. The molecule has 0 fully saturated rings. The Morgan fingerprint density at radius 1 is 1.11 bits per heavy atom. The Labute approximate surface area is 126 Å². The summed E-state index contributed by atoms with van der Waals surface area (Å²) in [5, 5.41) is 0. The molecule has 0 aliphatic carbocycles. The van der Waals surface area contributed by atoms with Gasteiger partial charge in [-0.1, -0.05) is 29.8 Å². The highest BCUT2D eigenvalue weighted by Crippen LogP contribution is 2.13. The van der Waals surface area contributed by atoms with Crippen LogP contribution in [0.3, 0.4) is 0 Å². The molecule has 5 heteroatoms. The average molecular weight is 385 g/mol. The first-order chi connectivity index (χ1) is 8.97. The van der Waals surface area contributed by atoms with Gasteiger partial charge in [0.05, 0.1) is 4.90 Å². The molecule has 0 saturated heterocycles. The van der Waals surface area contributed by atoms with Gasteiger partial charge in [0, 0.05) is 9.78 Å². The summed E-state index contributed by atoms with van der Waals surface area (Å²) in [4.78, 5) is 0.208. The van der Waals surface area contributed by atoms with Crippen molar-refractivity contribution in [3.8, 4) is 0 Å². The van der Waals surface area contributed by atoms with E-state index in [0.29, 0.717) is 0 Å². The predicted octanol–water partition coefficient (Wildman–Crippen LogP) is 3.41. The lowest BCUT2D eigenvalue weighted by molar-refractivity contribution is 0.598. The average Bonchev–Trinajstić information content (AvgIpc) is 2.37. The minimum Gasteiger partial charge on any atom is -0.199 e. The van der Waals surface area contributed by atoms with E-state index in [1.165, 1.54) is 6.21 Å². The Hall–Kier alpha value is -1.21. The molecule has 0 N–H and O–H groups in total. The van der Waals surface area contributed by atoms with Gasteiger partial charge in [-0.15, -0.1) is 0 Å². The molecule has 0 aliphatic heterocycles. The van der Waals surface area contributed by atoms with Crippen molar-refractivity contribution in [1.29, 1.82) is 0 Å². The third kappa shape index (κ3) is 3.87. The summed E-state index contributed by atoms with van der Waals surface area (Å²) in [5.74, 6) is 0. The largest absolute Gasteiger partial charge is 0.282 e. The van der Waals surface area contributed by atoms with Crippen LogP contribution in [0.25, 0.3) is 0 Å². The van der Waals surface area contributed by atoms with Gasteiger partial charge in [0.25, 0.3) is 10.0 Å². The van der Waals surface area contributed by atoms with E-state index in [-0.39, 0.29) is 4.90 Å². The zero-order valence-electron chi connectivity index (χ0n) is 10.2. The molecule has 0 bridgehead atoms. The van der Waals surface area contributed by atoms with E-state index in [9.17, 15) is 8.42 Å². The summed E-state index contributed by atoms with van der Waals surface area (Å²) >= 11 is 2.17. The summed E-state index contributed by atoms with van der Waals surface area (Å²) < 4.78 is 28.8. The van der Waals surface area contributed by atoms with Gasteiger partial charge in [-0.05, 0) is 59.3 Å². The van der Waals surface area contributed by atoms with E-state index in [2.05, 4.69) is 27.0 Å². The van der Waals surface area contributed by atoms with Gasteiger partial charge in [-0.2, -0.15) is 12.8 Å². The van der Waals surface area contributed by atoms with Crippen LogP contribution in [0, 0.1) is 10.5 Å². The van der Waals surface area contributed by atoms with Crippen molar-refractivity contribution in [2.24, 2.45) is 4.40 Å². The van der Waals surface area contributed by atoms with E-state index >= 15 is 0 Å². The highest BCUT2D eigenvalue weighted by molar-refractivity contribution is 14.1. The first-order valence-corrected chi connectivity index (χ1v) is 8.12. The third-order valence-corrected chi connectivity index (χ3v) is 4.43. The summed E-state index contributed by atoms with van der Waals surface area (Å²) in [6.45, 7) is 1.91. The Balaban J connectivity index is 2.29. The number of sulfonamides is 1. The molecule has 2 rings (SSSR count). The molecule has 0 radical (unpaired) electrons. The Morgan fingerprint density at radius 3 is 2.42 bits per heavy atom. The molecule has 0 saturated carbocycles. The highest BCUT2D eigenvalue weighted by Gasteiger charge is 2.10. The van der Waals surface area contributed by atoms with Gasteiger partial charge in [-0.25, -0.2) is 0 Å². The van der Waals surface area contributed by atoms with E-state index < -0.39 is 10.0 Å². The van der Waals surface area contributed by atoms with E-state index in [1.54, 1.807) is 24.3 Å². The quantitative estimate of drug-likeness (QED) is 0.601. The Kier molecular flexibility index (Phi) is 4.36. The molecule has 2 aromatic rings. The molecule has 0 spiro atoms. The number of hydrogen-bond donors (Lipinski definition) is 0. The third-order valence-electron chi connectivity index (χ3n) is 2.51. The van der Waals surface area contributed by atoms with E-state index in [4.69, 9.17) is 0 Å². The number of rotatable bonds is 3. The first kappa shape index (κ1) is 14.2. The van der Waals surface area contributed by atoms with Gasteiger partial charge in [-0.3, -0.25) is 0 Å². The van der Waals surface area contributed by atoms with Crippen molar-refractivity contribution in [2.75, 3.05) is 0 Å². The second-order valence-corrected chi connectivity index (χ2v) is 6.96. The van der Waals surface area contributed by atoms with Crippen LogP contribution in [0.4, 0.5) is 0 Å². The molecule has 3 nitrogen and oxygen atoms in total. The predicted molar refractivity (Wildman–Crippen MR) is 85.1 cm³/mol. The van der Waals surface area contributed by atoms with Crippen molar-refractivity contribution in [2.45, 2.75) is 11.8 Å². The maximum Gasteiger partial charge on any atom is 0.282 e. The lowest BCUT2D eigenvalue weighted by Crippen LogP contribution is -1.97. The minimum atomic E-state index is -3.62. The molecule has 0 aliphatic rings. The topological polar surface area (TPSA) is 46.5 Å². The van der Waals surface area contributed by atoms with Crippen molar-refractivity contribution in [3.05, 3.63) is 63.2 Å². The number of aryl methyl sites for hydroxylation is 1. The Morgan fingerprint density at radius 2 is 1.79 bits per heavy atom. The molecule has 0 atom stereocenters. The first-order valence-electron chi connectivity index (χ1n) is 5.60. The molecule has 0 heterocycles. The van der Waals surface area contributed by atoms with Gasteiger partial charge in [0.1, 0.15) is 0 Å². The molecular formula is C14H12INO2S. The van der Waals surface area contributed by atoms with Crippen LogP contribution < -0.4 is 0 Å². The van der Waals surface area contributed by atoms with Crippen LogP contribution in [0.15, 0.2) is 57.8 Å². The standard InChI is InChI=1S/C14H12INO2S/c1-11-5-7-14(8-6-11)19(17,18)16-10-12-3-2-4-13(15)9-12/h2-10H,1H3. The summed E-state index contributed by atoms with van der Waals surface area (Å²) in [6, 6.07) is 14.1. The summed E-state index contributed by atoms with van der Waals surface area (Å²) in [7, 11) is -3.62. The molecule has 0 unspecified atom stereocenters. The smallest absolute Gasteiger partial charge is 0.199 e. The Bertz CT molecular complexity index is 706. The molecule has 0 aromatic heterocycles. The van der Waals surface area contributed by atoms with Crippen LogP contribution in [-0.2, 0) is 10.0 Å². The highest BCUT2D eigenvalue weighted by atomic mass is 127. The fourth-order valence-electron chi connectivity index (χ4n) is 1.49. The lowest BCUT2D eigenvalue weighted by Gasteiger charge is -1.99. The molecule has 2 aromatic carbocycles. The number of nitrogens with zero attached hydrogens (tertiary/aromatic N) is 1. The van der Waals surface area contributed by atoms with Crippen LogP contribution >= 0.6 is 22.6 Å². The van der Waals surface area contributed by atoms with Gasteiger partial charge < -0.3 is 0 Å². The van der Waals surface area contributed by atoms with E-state index in [0.717, 1.165) is 14.7 Å². The SMILES string of the molecule is Cc1ccc(S(=O)(=O)N=Cc2cccc(I)c2)cc1. The van der Waals surface area contributed by atoms with Crippen LogP contribution in [-0.4, -0.2) is 14.6 Å². The number of halogens is 1. The summed E-state index contributed by atoms with van der Waals surface area (Å²) in [6.07, 6.45) is 1.37. The van der Waals surface area contributed by atoms with Crippen molar-refractivity contribution in [1.82, 2.24) is 0 Å². The molecule has 19 heavy (non-hydrogen) atoms. The molecular weight excluding hydrogens is 373 g/mol. The maximum absolute atomic E-state index is 12.0. The number of hydrogen-bond acceptors (Lipinski definition) is 2. The zero-order valence-corrected chi connectivity index (χ0v) is 13.2. The van der Waals surface area contributed by atoms with Crippen molar-refractivity contribution in [3.63, 3.8) is 0 Å². The second-order valence-electron chi connectivity index (χ2n) is 4.08. The second kappa shape index (κ2) is 5.83. The van der Waals surface area contributed by atoms with E-state index in [1.807, 2.05) is 31.2 Å². The van der Waals surface area contributed by atoms with Crippen molar-refractivity contribution < 1.29 is 8.42 Å². The van der Waals surface area contributed by atoms with Gasteiger partial charge >= 0.3 is 0 Å². The normalized spacial score (nSPS) is 11.9. The molecule has 0 amide bonds. The van der Waals surface area contributed by atoms with Crippen LogP contribution in [0.1, 0.15) is 11.1 Å². The fourth-order valence-corrected chi connectivity index (χ4v) is 2.92. The molecule has 98 valence electrons. The summed E-state index contributed by atoms with van der Waals surface area (Å²) in [5.41, 5.74) is 1.78. The zero-order chi connectivity index (χ0) is 13.9. The lowest BCUT2D eigenvalue weighted by atomic mass is 10.2. The maximum atomic E-state index is 12.0. The number of benzene rings is 2. The van der Waals surface area contributed by atoms with Gasteiger partial charge in [0.15, 0.2) is 0 Å². The van der Waals surface area contributed by atoms with Crippen LogP contribution in [0.5, 0.6) is 0 Å². The van der Waals surface area contributed by atoms with Crippen molar-refractivity contribution >= 4 is 38.8 Å². The fraction of sp³-hybridized carbons (Fsp3) is 0.0714.